The van der Waals surface area contributed by atoms with E-state index in [9.17, 15) is 20.0 Å². The van der Waals surface area contributed by atoms with Crippen molar-refractivity contribution < 1.29 is 14.8 Å². The van der Waals surface area contributed by atoms with Crippen LogP contribution >= 0.6 is 0 Å². The molecular formula is C12H14N3O4-. The number of nitro benzene ring substituents is 1. The van der Waals surface area contributed by atoms with Crippen LogP contribution in [0, 0.1) is 10.1 Å². The van der Waals surface area contributed by atoms with E-state index in [0.29, 0.717) is 32.7 Å². The van der Waals surface area contributed by atoms with Gasteiger partial charge >= 0.3 is 0 Å². The molecule has 1 aromatic carbocycles. The van der Waals surface area contributed by atoms with Gasteiger partial charge in [-0.1, -0.05) is 12.1 Å². The summed E-state index contributed by atoms with van der Waals surface area (Å²) in [6.07, 6.45) is -1.14. The van der Waals surface area contributed by atoms with E-state index >= 15 is 0 Å². The predicted octanol–water partition coefficient (Wildman–Crippen LogP) is 0.0557. The molecule has 102 valence electrons. The van der Waals surface area contributed by atoms with Crippen molar-refractivity contribution in [1.82, 2.24) is 9.80 Å². The molecule has 0 atom stereocenters. The van der Waals surface area contributed by atoms with E-state index in [1.807, 2.05) is 6.07 Å². The van der Waals surface area contributed by atoms with Crippen LogP contribution in [0.15, 0.2) is 24.3 Å². The Hall–Kier alpha value is -2.15. The lowest BCUT2D eigenvalue weighted by molar-refractivity contribution is -0.384. The van der Waals surface area contributed by atoms with E-state index in [2.05, 4.69) is 4.90 Å². The molecule has 7 heteroatoms. The summed E-state index contributed by atoms with van der Waals surface area (Å²) in [6, 6.07) is 6.49. The summed E-state index contributed by atoms with van der Waals surface area (Å²) < 4.78 is 0. The normalized spacial score (nSPS) is 16.3. The molecule has 0 unspecified atom stereocenters. The van der Waals surface area contributed by atoms with Crippen molar-refractivity contribution in [3.8, 4) is 0 Å². The molecule has 0 spiro atoms. The Labute approximate surface area is 110 Å². The molecule has 1 heterocycles. The summed E-state index contributed by atoms with van der Waals surface area (Å²) in [5.74, 6) is 0. The number of amides is 1. The van der Waals surface area contributed by atoms with Gasteiger partial charge < -0.3 is 14.8 Å². The molecule has 1 aliphatic rings. The standard InChI is InChI=1S/C12H15N3O4/c16-12(17)14-6-4-13(5-7-14)9-10-2-1-3-11(8-10)15(18)19/h1-3,8H,4-7,9H2,(H,16,17)/p-1. The first-order valence-corrected chi connectivity index (χ1v) is 5.98. The Morgan fingerprint density at radius 1 is 1.26 bits per heavy atom. The third-order valence-electron chi connectivity index (χ3n) is 3.16. The molecule has 1 aliphatic heterocycles. The van der Waals surface area contributed by atoms with Crippen LogP contribution in [0.1, 0.15) is 5.56 Å². The van der Waals surface area contributed by atoms with E-state index in [1.54, 1.807) is 12.1 Å². The summed E-state index contributed by atoms with van der Waals surface area (Å²) in [5.41, 5.74) is 0.932. The van der Waals surface area contributed by atoms with Gasteiger partial charge in [-0.05, 0) is 5.56 Å². The number of piperazine rings is 1. The van der Waals surface area contributed by atoms with Gasteiger partial charge in [0.15, 0.2) is 0 Å². The predicted molar refractivity (Wildman–Crippen MR) is 65.3 cm³/mol. The zero-order chi connectivity index (χ0) is 13.8. The number of nitro groups is 1. The highest BCUT2D eigenvalue weighted by atomic mass is 16.6. The second-order valence-electron chi connectivity index (χ2n) is 4.46. The molecule has 1 amide bonds. The van der Waals surface area contributed by atoms with Crippen LogP contribution in [0.2, 0.25) is 0 Å². The highest BCUT2D eigenvalue weighted by Gasteiger charge is 2.17. The van der Waals surface area contributed by atoms with Gasteiger partial charge in [-0.25, -0.2) is 0 Å². The van der Waals surface area contributed by atoms with Crippen LogP contribution in [-0.2, 0) is 6.54 Å². The maximum absolute atomic E-state index is 10.7. The molecule has 0 aromatic heterocycles. The molecule has 0 radical (unpaired) electrons. The first kappa shape index (κ1) is 13.3. The lowest BCUT2D eigenvalue weighted by atomic mass is 10.2. The van der Waals surface area contributed by atoms with Crippen molar-refractivity contribution in [2.24, 2.45) is 0 Å². The Bertz CT molecular complexity index is 484. The van der Waals surface area contributed by atoms with Gasteiger partial charge in [0, 0.05) is 44.9 Å². The van der Waals surface area contributed by atoms with Gasteiger partial charge in [0.1, 0.15) is 6.09 Å². The summed E-state index contributed by atoms with van der Waals surface area (Å²) in [6.45, 7) is 2.63. The molecule has 1 saturated heterocycles. The number of carbonyl (C=O) groups excluding carboxylic acids is 1. The number of carbonyl (C=O) groups is 1. The maximum Gasteiger partial charge on any atom is 0.269 e. The van der Waals surface area contributed by atoms with Crippen molar-refractivity contribution in [3.05, 3.63) is 39.9 Å². The number of carboxylic acid groups (broad SMARTS) is 1. The van der Waals surface area contributed by atoms with E-state index < -0.39 is 11.0 Å². The van der Waals surface area contributed by atoms with E-state index in [-0.39, 0.29) is 5.69 Å². The number of hydrogen-bond acceptors (Lipinski definition) is 5. The largest absolute Gasteiger partial charge is 0.530 e. The van der Waals surface area contributed by atoms with E-state index in [0.717, 1.165) is 5.56 Å². The molecule has 2 rings (SSSR count). The van der Waals surface area contributed by atoms with Gasteiger partial charge in [0.25, 0.3) is 5.69 Å². The molecule has 0 bridgehead atoms. The Kier molecular flexibility index (Phi) is 3.96. The molecule has 1 fully saturated rings. The number of benzene rings is 1. The van der Waals surface area contributed by atoms with Gasteiger partial charge in [-0.15, -0.1) is 0 Å². The summed E-state index contributed by atoms with van der Waals surface area (Å²) in [7, 11) is 0. The molecular weight excluding hydrogens is 250 g/mol. The zero-order valence-electron chi connectivity index (χ0n) is 10.3. The second kappa shape index (κ2) is 5.66. The highest BCUT2D eigenvalue weighted by Crippen LogP contribution is 2.15. The molecule has 0 aliphatic carbocycles. The van der Waals surface area contributed by atoms with Crippen LogP contribution in [0.3, 0.4) is 0 Å². The number of nitrogens with zero attached hydrogens (tertiary/aromatic N) is 3. The lowest BCUT2D eigenvalue weighted by Gasteiger charge is -2.36. The highest BCUT2D eigenvalue weighted by molar-refractivity contribution is 5.62. The Balaban J connectivity index is 1.94. The third kappa shape index (κ3) is 3.41. The van der Waals surface area contributed by atoms with E-state index in [1.165, 1.54) is 11.0 Å². The van der Waals surface area contributed by atoms with Crippen molar-refractivity contribution in [1.29, 1.82) is 0 Å². The summed E-state index contributed by atoms with van der Waals surface area (Å²) in [5, 5.41) is 21.3. The molecule has 19 heavy (non-hydrogen) atoms. The van der Waals surface area contributed by atoms with E-state index in [4.69, 9.17) is 0 Å². The Morgan fingerprint density at radius 2 is 1.95 bits per heavy atom. The van der Waals surface area contributed by atoms with Gasteiger partial charge in [0.2, 0.25) is 0 Å². The van der Waals surface area contributed by atoms with Crippen LogP contribution in [0.25, 0.3) is 0 Å². The number of non-ortho nitro benzene ring substituents is 1. The van der Waals surface area contributed by atoms with Gasteiger partial charge in [-0.2, -0.15) is 0 Å². The Morgan fingerprint density at radius 3 is 2.53 bits per heavy atom. The fourth-order valence-corrected chi connectivity index (χ4v) is 2.12. The molecule has 7 nitrogen and oxygen atoms in total. The second-order valence-corrected chi connectivity index (χ2v) is 4.46. The lowest BCUT2D eigenvalue weighted by Crippen LogP contribution is -2.52. The number of rotatable bonds is 3. The third-order valence-corrected chi connectivity index (χ3v) is 3.16. The minimum absolute atomic E-state index is 0.0749. The summed E-state index contributed by atoms with van der Waals surface area (Å²) in [4.78, 5) is 24.3. The zero-order valence-corrected chi connectivity index (χ0v) is 10.3. The van der Waals surface area contributed by atoms with Crippen LogP contribution in [0.5, 0.6) is 0 Å². The topological polar surface area (TPSA) is 89.8 Å². The smallest absolute Gasteiger partial charge is 0.269 e. The monoisotopic (exact) mass is 264 g/mol. The SMILES string of the molecule is O=C([O-])N1CCN(Cc2cccc([N+](=O)[O-])c2)CC1. The summed E-state index contributed by atoms with van der Waals surface area (Å²) >= 11 is 0. The van der Waals surface area contributed by atoms with Crippen LogP contribution < -0.4 is 5.11 Å². The average molecular weight is 264 g/mol. The van der Waals surface area contributed by atoms with Crippen LogP contribution in [0.4, 0.5) is 10.5 Å². The molecule has 0 saturated carbocycles. The van der Waals surface area contributed by atoms with Crippen molar-refractivity contribution in [3.63, 3.8) is 0 Å². The van der Waals surface area contributed by atoms with Gasteiger partial charge in [0.05, 0.1) is 4.92 Å². The average Bonchev–Trinajstić information content (AvgIpc) is 2.39. The first-order valence-electron chi connectivity index (χ1n) is 5.98. The van der Waals surface area contributed by atoms with Crippen molar-refractivity contribution >= 4 is 11.8 Å². The number of hydrogen-bond donors (Lipinski definition) is 0. The molecule has 1 aromatic rings. The fourth-order valence-electron chi connectivity index (χ4n) is 2.12. The fraction of sp³-hybridized carbons (Fsp3) is 0.417. The quantitative estimate of drug-likeness (QED) is 0.568. The van der Waals surface area contributed by atoms with Gasteiger partial charge in [-0.3, -0.25) is 15.0 Å². The van der Waals surface area contributed by atoms with Crippen molar-refractivity contribution in [2.45, 2.75) is 6.54 Å². The van der Waals surface area contributed by atoms with Crippen LogP contribution in [-0.4, -0.2) is 47.0 Å². The maximum atomic E-state index is 10.7. The minimum Gasteiger partial charge on any atom is -0.530 e. The molecule has 0 N–H and O–H groups in total. The van der Waals surface area contributed by atoms with Crippen molar-refractivity contribution in [2.75, 3.05) is 26.2 Å². The minimum atomic E-state index is -1.14. The first-order chi connectivity index (χ1) is 9.06.